The molecule has 1 heteroatoms. The molecule has 1 nitrogen and oxygen atoms in total. The van der Waals surface area contributed by atoms with Crippen LogP contribution in [0.3, 0.4) is 0 Å². The molecule has 0 heterocycles. The van der Waals surface area contributed by atoms with Crippen molar-refractivity contribution in [3.05, 3.63) is 34.9 Å². The number of hydrogen-bond acceptors (Lipinski definition) is 1. The molecule has 1 atom stereocenters. The maximum atomic E-state index is 10.2. The lowest BCUT2D eigenvalue weighted by molar-refractivity contribution is 0.0144. The third kappa shape index (κ3) is 1.19. The van der Waals surface area contributed by atoms with E-state index in [1.54, 1.807) is 0 Å². The second kappa shape index (κ2) is 3.08. The molecule has 0 saturated heterocycles. The number of aliphatic hydroxyl groups excluding tert-OH is 1. The smallest absolute Gasteiger partial charge is 0.0640 e. The predicted octanol–water partition coefficient (Wildman–Crippen LogP) is 2.72. The molecule has 0 aromatic heterocycles. The molecule has 15 heavy (non-hydrogen) atoms. The van der Waals surface area contributed by atoms with Crippen molar-refractivity contribution in [3.63, 3.8) is 0 Å². The first kappa shape index (κ1) is 9.41. The Kier molecular flexibility index (Phi) is 1.93. The van der Waals surface area contributed by atoms with Crippen LogP contribution in [0.25, 0.3) is 0 Å². The van der Waals surface area contributed by atoms with Gasteiger partial charge in [-0.3, -0.25) is 0 Å². The molecule has 1 aromatic carbocycles. The summed E-state index contributed by atoms with van der Waals surface area (Å²) in [5.41, 5.74) is 4.40. The maximum Gasteiger partial charge on any atom is 0.0640 e. The minimum absolute atomic E-state index is 0.0967. The summed E-state index contributed by atoms with van der Waals surface area (Å²) < 4.78 is 0. The molecular formula is C14H18O. The van der Waals surface area contributed by atoms with Gasteiger partial charge < -0.3 is 5.11 Å². The Morgan fingerprint density at radius 1 is 1.33 bits per heavy atom. The van der Waals surface area contributed by atoms with E-state index in [1.807, 2.05) is 0 Å². The van der Waals surface area contributed by atoms with Crippen molar-refractivity contribution in [1.29, 1.82) is 0 Å². The van der Waals surface area contributed by atoms with Crippen LogP contribution in [0.4, 0.5) is 0 Å². The Labute approximate surface area is 91.1 Å². The first-order valence-corrected chi connectivity index (χ1v) is 6.00. The summed E-state index contributed by atoms with van der Waals surface area (Å²) in [4.78, 5) is 0. The van der Waals surface area contributed by atoms with E-state index in [-0.39, 0.29) is 11.5 Å². The van der Waals surface area contributed by atoms with E-state index in [1.165, 1.54) is 36.0 Å². The number of aliphatic hydroxyl groups is 1. The van der Waals surface area contributed by atoms with Crippen LogP contribution >= 0.6 is 0 Å². The predicted molar refractivity (Wildman–Crippen MR) is 61.0 cm³/mol. The van der Waals surface area contributed by atoms with Crippen molar-refractivity contribution in [2.24, 2.45) is 0 Å². The fourth-order valence-corrected chi connectivity index (χ4v) is 3.28. The van der Waals surface area contributed by atoms with Gasteiger partial charge in [-0.1, -0.05) is 30.2 Å². The summed E-state index contributed by atoms with van der Waals surface area (Å²) in [5.74, 6) is 0. The van der Waals surface area contributed by atoms with Crippen molar-refractivity contribution < 1.29 is 5.11 Å². The van der Waals surface area contributed by atoms with Crippen LogP contribution in [-0.4, -0.2) is 11.2 Å². The number of benzene rings is 1. The molecule has 0 amide bonds. The SMILES string of the molecule is Cc1ccc2c(c1)C1(CCC1)C(O)CC2. The molecular weight excluding hydrogens is 184 g/mol. The van der Waals surface area contributed by atoms with Gasteiger partial charge in [0.05, 0.1) is 6.10 Å². The molecule has 1 saturated carbocycles. The van der Waals surface area contributed by atoms with Gasteiger partial charge in [0.1, 0.15) is 0 Å². The lowest BCUT2D eigenvalue weighted by Gasteiger charge is -2.49. The highest BCUT2D eigenvalue weighted by Crippen LogP contribution is 2.51. The minimum atomic E-state index is -0.0967. The van der Waals surface area contributed by atoms with E-state index < -0.39 is 0 Å². The fraction of sp³-hybridized carbons (Fsp3) is 0.571. The van der Waals surface area contributed by atoms with Gasteiger partial charge in [0.15, 0.2) is 0 Å². The van der Waals surface area contributed by atoms with Crippen LogP contribution in [0, 0.1) is 6.92 Å². The van der Waals surface area contributed by atoms with E-state index in [4.69, 9.17) is 0 Å². The van der Waals surface area contributed by atoms with Gasteiger partial charge in [-0.2, -0.15) is 0 Å². The van der Waals surface area contributed by atoms with Crippen molar-refractivity contribution in [1.82, 2.24) is 0 Å². The van der Waals surface area contributed by atoms with Gasteiger partial charge in [-0.25, -0.2) is 0 Å². The Morgan fingerprint density at radius 3 is 2.80 bits per heavy atom. The fourth-order valence-electron chi connectivity index (χ4n) is 3.28. The largest absolute Gasteiger partial charge is 0.392 e. The first-order valence-electron chi connectivity index (χ1n) is 6.00. The topological polar surface area (TPSA) is 20.2 Å². The molecule has 1 fully saturated rings. The number of rotatable bonds is 0. The Bertz CT molecular complexity index is 390. The van der Waals surface area contributed by atoms with Crippen molar-refractivity contribution >= 4 is 0 Å². The van der Waals surface area contributed by atoms with Crippen molar-refractivity contribution in [2.75, 3.05) is 0 Å². The molecule has 1 N–H and O–H groups in total. The van der Waals surface area contributed by atoms with E-state index in [0.29, 0.717) is 0 Å². The number of aryl methyl sites for hydroxylation is 2. The normalized spacial score (nSPS) is 27.2. The van der Waals surface area contributed by atoms with E-state index >= 15 is 0 Å². The summed E-state index contributed by atoms with van der Waals surface area (Å²) in [6, 6.07) is 6.76. The zero-order chi connectivity index (χ0) is 10.5. The average Bonchev–Trinajstić information content (AvgIpc) is 2.14. The molecule has 1 spiro atoms. The standard InChI is InChI=1S/C14H18O/c1-10-3-4-11-5-6-13(15)14(7-2-8-14)12(11)9-10/h3-4,9,13,15H,2,5-8H2,1H3. The summed E-state index contributed by atoms with van der Waals surface area (Å²) in [6.45, 7) is 2.15. The monoisotopic (exact) mass is 202 g/mol. The second-order valence-corrected chi connectivity index (χ2v) is 5.22. The molecule has 0 radical (unpaired) electrons. The van der Waals surface area contributed by atoms with Crippen molar-refractivity contribution in [2.45, 2.75) is 50.5 Å². The lowest BCUT2D eigenvalue weighted by Crippen LogP contribution is -2.48. The molecule has 0 bridgehead atoms. The van der Waals surface area contributed by atoms with Gasteiger partial charge >= 0.3 is 0 Å². The van der Waals surface area contributed by atoms with Gasteiger partial charge in [-0.05, 0) is 43.7 Å². The molecule has 0 aliphatic heterocycles. The molecule has 2 aliphatic rings. The van der Waals surface area contributed by atoms with Gasteiger partial charge in [0.2, 0.25) is 0 Å². The first-order chi connectivity index (χ1) is 7.22. The molecule has 2 aliphatic carbocycles. The Morgan fingerprint density at radius 2 is 2.13 bits per heavy atom. The van der Waals surface area contributed by atoms with E-state index in [9.17, 15) is 5.11 Å². The second-order valence-electron chi connectivity index (χ2n) is 5.22. The summed E-state index contributed by atoms with van der Waals surface area (Å²) in [6.07, 6.45) is 5.56. The van der Waals surface area contributed by atoms with Crippen molar-refractivity contribution in [3.8, 4) is 0 Å². The average molecular weight is 202 g/mol. The van der Waals surface area contributed by atoms with E-state index in [2.05, 4.69) is 25.1 Å². The highest BCUT2D eigenvalue weighted by atomic mass is 16.3. The van der Waals surface area contributed by atoms with Crippen LogP contribution in [-0.2, 0) is 11.8 Å². The zero-order valence-electron chi connectivity index (χ0n) is 9.29. The minimum Gasteiger partial charge on any atom is -0.392 e. The maximum absolute atomic E-state index is 10.2. The Hall–Kier alpha value is -0.820. The number of hydrogen-bond donors (Lipinski definition) is 1. The van der Waals surface area contributed by atoms with Crippen LogP contribution in [0.1, 0.15) is 42.4 Å². The molecule has 3 rings (SSSR count). The number of fused-ring (bicyclic) bond motifs is 2. The summed E-state index contributed by atoms with van der Waals surface area (Å²) in [7, 11) is 0. The van der Waals surface area contributed by atoms with Crippen LogP contribution in [0.5, 0.6) is 0 Å². The zero-order valence-corrected chi connectivity index (χ0v) is 9.29. The highest BCUT2D eigenvalue weighted by molar-refractivity contribution is 5.42. The summed E-state index contributed by atoms with van der Waals surface area (Å²) in [5, 5.41) is 10.2. The molecule has 80 valence electrons. The van der Waals surface area contributed by atoms with Gasteiger partial charge in [0, 0.05) is 5.41 Å². The molecule has 1 aromatic rings. The summed E-state index contributed by atoms with van der Waals surface area (Å²) >= 11 is 0. The third-order valence-corrected chi connectivity index (χ3v) is 4.37. The van der Waals surface area contributed by atoms with Crippen LogP contribution in [0.2, 0.25) is 0 Å². The van der Waals surface area contributed by atoms with Gasteiger partial charge in [0.25, 0.3) is 0 Å². The van der Waals surface area contributed by atoms with Crippen LogP contribution < -0.4 is 0 Å². The van der Waals surface area contributed by atoms with E-state index in [0.717, 1.165) is 12.8 Å². The quantitative estimate of drug-likeness (QED) is 0.686. The Balaban J connectivity index is 2.14. The third-order valence-electron chi connectivity index (χ3n) is 4.37. The van der Waals surface area contributed by atoms with Crippen LogP contribution in [0.15, 0.2) is 18.2 Å². The lowest BCUT2D eigenvalue weighted by atomic mass is 9.56. The molecule has 1 unspecified atom stereocenters. The highest BCUT2D eigenvalue weighted by Gasteiger charge is 2.47. The van der Waals surface area contributed by atoms with Gasteiger partial charge in [-0.15, -0.1) is 0 Å².